The Bertz CT molecular complexity index is 1350. The van der Waals surface area contributed by atoms with Crippen LogP contribution in [0.5, 0.6) is 0 Å². The molecule has 1 aliphatic heterocycles. The molecule has 0 saturated carbocycles. The van der Waals surface area contributed by atoms with Crippen molar-refractivity contribution in [2.24, 2.45) is 0 Å². The average Bonchev–Trinajstić information content (AvgIpc) is 3.44. The number of nitrogens with one attached hydrogen (secondary N) is 3. The zero-order chi connectivity index (χ0) is 24.2. The average molecular weight is 508 g/mol. The Kier molecular flexibility index (Phi) is 7.50. The van der Waals surface area contributed by atoms with Gasteiger partial charge in [-0.1, -0.05) is 12.1 Å². The van der Waals surface area contributed by atoms with Crippen molar-refractivity contribution < 1.29 is 9.53 Å². The standard InChI is InChI=1S/C26H29N5O2S2/c1-16-18(4-3-9-29-16)17-5-6-21-20(14-17)30-25(34-21)24-19-7-10-28-15-22(19)35-26(24)31-23(32)8-11-27-12-13-33-2/h3-6,9,14,27-28H,7-8,10-13,15H2,1-2H3,(H,31,32). The van der Waals surface area contributed by atoms with Crippen molar-refractivity contribution in [3.05, 3.63) is 52.7 Å². The second-order valence-corrected chi connectivity index (χ2v) is 10.6. The molecule has 0 aliphatic carbocycles. The molecule has 7 nitrogen and oxygen atoms in total. The summed E-state index contributed by atoms with van der Waals surface area (Å²) in [6, 6.07) is 10.5. The van der Waals surface area contributed by atoms with Gasteiger partial charge in [0.05, 0.1) is 16.8 Å². The van der Waals surface area contributed by atoms with E-state index in [-0.39, 0.29) is 5.91 Å². The molecule has 3 N–H and O–H groups in total. The van der Waals surface area contributed by atoms with Gasteiger partial charge in [0.1, 0.15) is 10.0 Å². The zero-order valence-corrected chi connectivity index (χ0v) is 21.6. The second-order valence-electron chi connectivity index (χ2n) is 8.51. The number of ether oxygens (including phenoxy) is 1. The molecular formula is C26H29N5O2S2. The van der Waals surface area contributed by atoms with Crippen LogP contribution in [0.25, 0.3) is 31.9 Å². The van der Waals surface area contributed by atoms with E-state index in [9.17, 15) is 4.79 Å². The lowest BCUT2D eigenvalue weighted by atomic mass is 10.0. The molecule has 0 saturated heterocycles. The fourth-order valence-electron chi connectivity index (χ4n) is 4.33. The van der Waals surface area contributed by atoms with Gasteiger partial charge in [-0.3, -0.25) is 9.78 Å². The lowest BCUT2D eigenvalue weighted by Gasteiger charge is -2.13. The molecule has 0 atom stereocenters. The molecule has 0 radical (unpaired) electrons. The number of thiazole rings is 1. The third-order valence-corrected chi connectivity index (χ3v) is 8.31. The number of pyridine rings is 1. The Labute approximate surface area is 213 Å². The van der Waals surface area contributed by atoms with Crippen LogP contribution in [0.2, 0.25) is 0 Å². The van der Waals surface area contributed by atoms with Gasteiger partial charge in [-0.25, -0.2) is 4.98 Å². The Hall–Kier alpha value is -2.69. The highest BCUT2D eigenvalue weighted by Crippen LogP contribution is 2.45. The Morgan fingerprint density at radius 3 is 3.00 bits per heavy atom. The lowest BCUT2D eigenvalue weighted by molar-refractivity contribution is -0.116. The number of hydrogen-bond donors (Lipinski definition) is 3. The van der Waals surface area contributed by atoms with Gasteiger partial charge in [0, 0.05) is 61.1 Å². The van der Waals surface area contributed by atoms with Gasteiger partial charge in [0.2, 0.25) is 5.91 Å². The number of hydrogen-bond acceptors (Lipinski definition) is 8. The number of carbonyl (C=O) groups is 1. The summed E-state index contributed by atoms with van der Waals surface area (Å²) in [5.41, 5.74) is 6.61. The van der Waals surface area contributed by atoms with Gasteiger partial charge in [-0.2, -0.15) is 0 Å². The summed E-state index contributed by atoms with van der Waals surface area (Å²) in [5, 5.41) is 11.7. The Morgan fingerprint density at radius 2 is 2.14 bits per heavy atom. The number of aryl methyl sites for hydroxylation is 1. The monoisotopic (exact) mass is 507 g/mol. The molecule has 182 valence electrons. The number of fused-ring (bicyclic) bond motifs is 2. The number of methoxy groups -OCH3 is 1. The first-order valence-corrected chi connectivity index (χ1v) is 13.4. The smallest absolute Gasteiger partial charge is 0.226 e. The van der Waals surface area contributed by atoms with E-state index >= 15 is 0 Å². The fraction of sp³-hybridized carbons (Fsp3) is 0.346. The Balaban J connectivity index is 1.44. The first kappa shape index (κ1) is 24.0. The van der Waals surface area contributed by atoms with E-state index in [0.717, 1.165) is 68.7 Å². The van der Waals surface area contributed by atoms with Crippen molar-refractivity contribution >= 4 is 43.8 Å². The van der Waals surface area contributed by atoms with E-state index in [1.165, 1.54) is 10.4 Å². The molecule has 4 aromatic rings. The quantitative estimate of drug-likeness (QED) is 0.287. The van der Waals surface area contributed by atoms with Crippen LogP contribution < -0.4 is 16.0 Å². The zero-order valence-electron chi connectivity index (χ0n) is 19.9. The molecule has 0 bridgehead atoms. The Morgan fingerprint density at radius 1 is 1.23 bits per heavy atom. The second kappa shape index (κ2) is 10.9. The number of aromatic nitrogens is 2. The highest BCUT2D eigenvalue weighted by molar-refractivity contribution is 7.23. The van der Waals surface area contributed by atoms with Crippen LogP contribution in [-0.2, 0) is 22.5 Å². The summed E-state index contributed by atoms with van der Waals surface area (Å²) in [7, 11) is 1.67. The summed E-state index contributed by atoms with van der Waals surface area (Å²) in [4.78, 5) is 23.5. The maximum absolute atomic E-state index is 12.7. The molecule has 5 rings (SSSR count). The van der Waals surface area contributed by atoms with E-state index in [2.05, 4.69) is 45.2 Å². The largest absolute Gasteiger partial charge is 0.383 e. The topological polar surface area (TPSA) is 88.2 Å². The fourth-order valence-corrected chi connectivity index (χ4v) is 6.65. The van der Waals surface area contributed by atoms with Crippen molar-refractivity contribution in [3.63, 3.8) is 0 Å². The van der Waals surface area contributed by atoms with E-state index in [1.807, 2.05) is 19.2 Å². The van der Waals surface area contributed by atoms with Crippen LogP contribution in [0, 0.1) is 6.92 Å². The van der Waals surface area contributed by atoms with Crippen molar-refractivity contribution in [1.29, 1.82) is 0 Å². The highest BCUT2D eigenvalue weighted by atomic mass is 32.1. The SMILES string of the molecule is COCCNCCC(=O)Nc1sc2c(c1-c1nc3cc(-c4cccnc4C)ccc3s1)CCNC2. The predicted molar refractivity (Wildman–Crippen MR) is 144 cm³/mol. The van der Waals surface area contributed by atoms with Gasteiger partial charge in [-0.05, 0) is 49.2 Å². The van der Waals surface area contributed by atoms with E-state index in [4.69, 9.17) is 9.72 Å². The maximum atomic E-state index is 12.7. The molecule has 0 fully saturated rings. The van der Waals surface area contributed by atoms with Gasteiger partial charge >= 0.3 is 0 Å². The van der Waals surface area contributed by atoms with E-state index in [0.29, 0.717) is 19.6 Å². The highest BCUT2D eigenvalue weighted by Gasteiger charge is 2.25. The van der Waals surface area contributed by atoms with Crippen molar-refractivity contribution in [2.45, 2.75) is 26.3 Å². The molecule has 0 unspecified atom stereocenters. The van der Waals surface area contributed by atoms with Crippen molar-refractivity contribution in [1.82, 2.24) is 20.6 Å². The summed E-state index contributed by atoms with van der Waals surface area (Å²) >= 11 is 3.35. The minimum atomic E-state index is 0.0122. The minimum Gasteiger partial charge on any atom is -0.383 e. The third kappa shape index (κ3) is 5.29. The number of thiophene rings is 1. The molecule has 4 heterocycles. The molecule has 1 aliphatic rings. The first-order valence-electron chi connectivity index (χ1n) is 11.8. The number of carbonyl (C=O) groups excluding carboxylic acids is 1. The summed E-state index contributed by atoms with van der Waals surface area (Å²) < 4.78 is 6.18. The van der Waals surface area contributed by atoms with Crippen LogP contribution >= 0.6 is 22.7 Å². The molecule has 1 aromatic carbocycles. The molecule has 1 amide bonds. The van der Waals surface area contributed by atoms with Gasteiger partial charge in [-0.15, -0.1) is 22.7 Å². The predicted octanol–water partition coefficient (Wildman–Crippen LogP) is 4.61. The number of benzene rings is 1. The van der Waals surface area contributed by atoms with Crippen LogP contribution in [0.1, 0.15) is 22.6 Å². The van der Waals surface area contributed by atoms with Crippen molar-refractivity contribution in [2.75, 3.05) is 38.7 Å². The summed E-state index contributed by atoms with van der Waals surface area (Å²) in [6.07, 6.45) is 3.17. The van der Waals surface area contributed by atoms with Gasteiger partial charge < -0.3 is 20.7 Å². The van der Waals surface area contributed by atoms with Gasteiger partial charge in [0.25, 0.3) is 0 Å². The van der Waals surface area contributed by atoms with Crippen LogP contribution in [-0.4, -0.2) is 49.2 Å². The molecule has 35 heavy (non-hydrogen) atoms. The number of rotatable bonds is 9. The minimum absolute atomic E-state index is 0.0122. The molecular weight excluding hydrogens is 478 g/mol. The van der Waals surface area contributed by atoms with Crippen LogP contribution in [0.15, 0.2) is 36.5 Å². The van der Waals surface area contributed by atoms with Crippen molar-refractivity contribution in [3.8, 4) is 21.7 Å². The van der Waals surface area contributed by atoms with E-state index < -0.39 is 0 Å². The molecule has 9 heteroatoms. The third-order valence-electron chi connectivity index (χ3n) is 6.11. The molecule has 0 spiro atoms. The molecule has 3 aromatic heterocycles. The first-order chi connectivity index (χ1) is 17.1. The number of nitrogens with zero attached hydrogens (tertiary/aromatic N) is 2. The summed E-state index contributed by atoms with van der Waals surface area (Å²) in [5.74, 6) is 0.0122. The lowest BCUT2D eigenvalue weighted by Crippen LogP contribution is -2.24. The maximum Gasteiger partial charge on any atom is 0.226 e. The number of amides is 1. The van der Waals surface area contributed by atoms with E-state index in [1.54, 1.807) is 29.8 Å². The summed E-state index contributed by atoms with van der Waals surface area (Å²) in [6.45, 7) is 5.78. The number of anilines is 1. The van der Waals surface area contributed by atoms with Gasteiger partial charge in [0.15, 0.2) is 0 Å². The normalized spacial score (nSPS) is 13.2. The van der Waals surface area contributed by atoms with Crippen LogP contribution in [0.4, 0.5) is 5.00 Å². The van der Waals surface area contributed by atoms with Crippen LogP contribution in [0.3, 0.4) is 0 Å².